The first-order valence-corrected chi connectivity index (χ1v) is 10.2. The van der Waals surface area contributed by atoms with Crippen molar-refractivity contribution in [2.75, 3.05) is 17.2 Å². The molecule has 0 heterocycles. The topological polar surface area (TPSA) is 131 Å². The molecular formula is C24H24N6O3. The van der Waals surface area contributed by atoms with Crippen molar-refractivity contribution in [2.45, 2.75) is 13.3 Å². The first kappa shape index (κ1) is 23.1. The van der Waals surface area contributed by atoms with Crippen molar-refractivity contribution in [3.8, 4) is 0 Å². The van der Waals surface area contributed by atoms with Crippen LogP contribution in [0.4, 0.5) is 22.7 Å². The van der Waals surface area contributed by atoms with Gasteiger partial charge in [-0.1, -0.05) is 41.1 Å². The summed E-state index contributed by atoms with van der Waals surface area (Å²) in [6, 6.07) is 23.6. The zero-order valence-corrected chi connectivity index (χ0v) is 18.1. The molecule has 0 radical (unpaired) electrons. The van der Waals surface area contributed by atoms with E-state index in [1.165, 1.54) is 0 Å². The number of hydrogen-bond donors (Lipinski definition) is 3. The highest BCUT2D eigenvalue weighted by Gasteiger charge is 2.07. The molecule has 0 atom stereocenters. The number of amidine groups is 1. The smallest absolute Gasteiger partial charge is 0.265 e. The van der Waals surface area contributed by atoms with E-state index in [4.69, 9.17) is 10.6 Å². The molecule has 3 rings (SSSR count). The van der Waals surface area contributed by atoms with Crippen LogP contribution in [0, 0.1) is 6.92 Å². The van der Waals surface area contributed by atoms with Gasteiger partial charge in [0.1, 0.15) is 5.84 Å². The predicted octanol–water partition coefficient (Wildman–Crippen LogP) is 4.67. The van der Waals surface area contributed by atoms with Crippen LogP contribution in [0.2, 0.25) is 0 Å². The number of carbonyl (C=O) groups is 2. The molecule has 168 valence electrons. The fraction of sp³-hybridized carbons (Fsp3) is 0.125. The van der Waals surface area contributed by atoms with Gasteiger partial charge < -0.3 is 21.2 Å². The van der Waals surface area contributed by atoms with E-state index >= 15 is 0 Å². The highest BCUT2D eigenvalue weighted by molar-refractivity contribution is 6.04. The second-order valence-corrected chi connectivity index (χ2v) is 7.08. The summed E-state index contributed by atoms with van der Waals surface area (Å²) in [4.78, 5) is 28.9. The Labute approximate surface area is 191 Å². The molecular weight excluding hydrogens is 420 g/mol. The van der Waals surface area contributed by atoms with Gasteiger partial charge in [0.15, 0.2) is 6.61 Å². The molecule has 0 bridgehead atoms. The number of benzene rings is 3. The van der Waals surface area contributed by atoms with Gasteiger partial charge in [-0.25, -0.2) is 0 Å². The van der Waals surface area contributed by atoms with Crippen LogP contribution in [0.5, 0.6) is 0 Å². The molecule has 3 aromatic rings. The third-order valence-corrected chi connectivity index (χ3v) is 4.24. The second-order valence-electron chi connectivity index (χ2n) is 7.08. The number of aryl methyl sites for hydroxylation is 1. The maximum absolute atomic E-state index is 12.0. The van der Waals surface area contributed by atoms with Gasteiger partial charge in [0.2, 0.25) is 5.91 Å². The summed E-state index contributed by atoms with van der Waals surface area (Å²) in [6.07, 6.45) is -0.158. The van der Waals surface area contributed by atoms with Crippen molar-refractivity contribution in [3.05, 3.63) is 84.4 Å². The summed E-state index contributed by atoms with van der Waals surface area (Å²) in [5.74, 6) is -0.799. The lowest BCUT2D eigenvalue weighted by Gasteiger charge is -2.06. The van der Waals surface area contributed by atoms with Gasteiger partial charge in [0.05, 0.1) is 17.8 Å². The maximum Gasteiger partial charge on any atom is 0.265 e. The first-order chi connectivity index (χ1) is 16.0. The standard InChI is InChI=1S/C24H24N6O3/c1-17-7-9-18(10-8-17)26-23(31)15-22(25)30-33-16-24(32)27-19-11-13-21(14-12-19)29-28-20-5-3-2-4-6-20/h2-14H,15-16H2,1H3,(H2,25,30)(H,26,31)(H,27,32). The van der Waals surface area contributed by atoms with Gasteiger partial charge in [-0.15, -0.1) is 0 Å². The molecule has 4 N–H and O–H groups in total. The summed E-state index contributed by atoms with van der Waals surface area (Å²) in [5.41, 5.74) is 9.40. The van der Waals surface area contributed by atoms with Crippen LogP contribution in [0.15, 0.2) is 94.2 Å². The lowest BCUT2D eigenvalue weighted by atomic mass is 10.2. The summed E-state index contributed by atoms with van der Waals surface area (Å²) in [6.45, 7) is 1.60. The van der Waals surface area contributed by atoms with Gasteiger partial charge in [-0.3, -0.25) is 9.59 Å². The number of oxime groups is 1. The summed E-state index contributed by atoms with van der Waals surface area (Å²) >= 11 is 0. The largest absolute Gasteiger partial charge is 0.384 e. The zero-order valence-electron chi connectivity index (χ0n) is 18.1. The van der Waals surface area contributed by atoms with Crippen molar-refractivity contribution >= 4 is 40.4 Å². The Balaban J connectivity index is 1.40. The third kappa shape index (κ3) is 8.25. The van der Waals surface area contributed by atoms with Crippen LogP contribution in [-0.4, -0.2) is 24.3 Å². The number of hydrogen-bond acceptors (Lipinski definition) is 6. The molecule has 0 aliphatic carbocycles. The fourth-order valence-electron chi connectivity index (χ4n) is 2.63. The van der Waals surface area contributed by atoms with Gasteiger partial charge in [-0.2, -0.15) is 10.2 Å². The highest BCUT2D eigenvalue weighted by Crippen LogP contribution is 2.20. The molecule has 9 heteroatoms. The van der Waals surface area contributed by atoms with Crippen LogP contribution in [0.3, 0.4) is 0 Å². The van der Waals surface area contributed by atoms with Gasteiger partial charge in [-0.05, 0) is 55.5 Å². The lowest BCUT2D eigenvalue weighted by Crippen LogP contribution is -2.23. The summed E-state index contributed by atoms with van der Waals surface area (Å²) in [5, 5.41) is 17.3. The summed E-state index contributed by atoms with van der Waals surface area (Å²) in [7, 11) is 0. The van der Waals surface area contributed by atoms with E-state index in [2.05, 4.69) is 26.0 Å². The van der Waals surface area contributed by atoms with Crippen molar-refractivity contribution in [1.29, 1.82) is 0 Å². The van der Waals surface area contributed by atoms with Crippen LogP contribution in [0.25, 0.3) is 0 Å². The lowest BCUT2D eigenvalue weighted by molar-refractivity contribution is -0.120. The van der Waals surface area contributed by atoms with E-state index in [9.17, 15) is 9.59 Å². The Morgan fingerprint density at radius 3 is 1.97 bits per heavy atom. The first-order valence-electron chi connectivity index (χ1n) is 10.2. The molecule has 0 saturated heterocycles. The monoisotopic (exact) mass is 444 g/mol. The number of nitrogens with two attached hydrogens (primary N) is 1. The average molecular weight is 444 g/mol. The molecule has 0 spiro atoms. The van der Waals surface area contributed by atoms with Crippen molar-refractivity contribution in [1.82, 2.24) is 0 Å². The minimum absolute atomic E-state index is 0.0412. The molecule has 0 aliphatic heterocycles. The Bertz CT molecular complexity index is 1130. The minimum Gasteiger partial charge on any atom is -0.384 e. The zero-order chi connectivity index (χ0) is 23.5. The van der Waals surface area contributed by atoms with E-state index in [0.717, 1.165) is 11.3 Å². The molecule has 0 aromatic heterocycles. The number of azo groups is 1. The van der Waals surface area contributed by atoms with Crippen LogP contribution >= 0.6 is 0 Å². The molecule has 33 heavy (non-hydrogen) atoms. The van der Waals surface area contributed by atoms with Crippen LogP contribution in [-0.2, 0) is 14.4 Å². The van der Waals surface area contributed by atoms with Crippen molar-refractivity contribution in [3.63, 3.8) is 0 Å². The Hall–Kier alpha value is -4.53. The predicted molar refractivity (Wildman–Crippen MR) is 128 cm³/mol. The van der Waals surface area contributed by atoms with Crippen LogP contribution < -0.4 is 16.4 Å². The fourth-order valence-corrected chi connectivity index (χ4v) is 2.63. The molecule has 2 amide bonds. The van der Waals surface area contributed by atoms with E-state index < -0.39 is 5.91 Å². The normalized spacial score (nSPS) is 11.2. The number of nitrogens with zero attached hydrogens (tertiary/aromatic N) is 3. The number of carbonyl (C=O) groups excluding carboxylic acids is 2. The number of anilines is 2. The molecule has 0 unspecified atom stereocenters. The van der Waals surface area contributed by atoms with Crippen molar-refractivity contribution in [2.24, 2.45) is 21.1 Å². The van der Waals surface area contributed by atoms with E-state index in [-0.39, 0.29) is 24.8 Å². The average Bonchev–Trinajstić information content (AvgIpc) is 2.81. The van der Waals surface area contributed by atoms with Gasteiger partial charge >= 0.3 is 0 Å². The second kappa shape index (κ2) is 11.8. The van der Waals surface area contributed by atoms with E-state index in [1.54, 1.807) is 36.4 Å². The quantitative estimate of drug-likeness (QED) is 0.192. The Morgan fingerprint density at radius 1 is 0.788 bits per heavy atom. The third-order valence-electron chi connectivity index (χ3n) is 4.24. The molecule has 0 saturated carbocycles. The highest BCUT2D eigenvalue weighted by atomic mass is 16.6. The SMILES string of the molecule is Cc1ccc(NC(=O)CC(N)=NOCC(=O)Nc2ccc(N=Nc3ccccc3)cc2)cc1. The van der Waals surface area contributed by atoms with Crippen LogP contribution in [0.1, 0.15) is 12.0 Å². The van der Waals surface area contributed by atoms with E-state index in [1.807, 2.05) is 49.4 Å². The number of nitrogens with one attached hydrogen (secondary N) is 2. The minimum atomic E-state index is -0.422. The number of rotatable bonds is 9. The summed E-state index contributed by atoms with van der Waals surface area (Å²) < 4.78 is 0. The Kier molecular flexibility index (Phi) is 8.24. The molecule has 9 nitrogen and oxygen atoms in total. The maximum atomic E-state index is 12.0. The molecule has 0 fully saturated rings. The van der Waals surface area contributed by atoms with E-state index in [0.29, 0.717) is 17.1 Å². The molecule has 0 aliphatic rings. The number of amides is 2. The molecule has 3 aromatic carbocycles. The van der Waals surface area contributed by atoms with Gasteiger partial charge in [0, 0.05) is 11.4 Å². The Morgan fingerprint density at radius 2 is 1.33 bits per heavy atom. The van der Waals surface area contributed by atoms with Gasteiger partial charge in [0.25, 0.3) is 5.91 Å². The van der Waals surface area contributed by atoms with Crippen molar-refractivity contribution < 1.29 is 14.4 Å².